The van der Waals surface area contributed by atoms with Crippen LogP contribution in [-0.4, -0.2) is 29.9 Å². The smallest absolute Gasteiger partial charge is 0.260 e. The fourth-order valence-corrected chi connectivity index (χ4v) is 3.65. The summed E-state index contributed by atoms with van der Waals surface area (Å²) in [6.07, 6.45) is 1.69. The molecule has 0 saturated heterocycles. The van der Waals surface area contributed by atoms with Gasteiger partial charge in [-0.1, -0.05) is 6.07 Å². The average molecular weight is 296 g/mol. The molecule has 0 amide bonds. The van der Waals surface area contributed by atoms with Gasteiger partial charge in [0.05, 0.1) is 0 Å². The Kier molecular flexibility index (Phi) is 3.75. The molecule has 110 valence electrons. The van der Waals surface area contributed by atoms with Gasteiger partial charge in [-0.25, -0.2) is 18.1 Å². The maximum atomic E-state index is 12.6. The molecule has 0 atom stereocenters. The molecular formula is C13H20N4O2S. The Morgan fingerprint density at radius 1 is 1.30 bits per heavy atom. The second-order valence-corrected chi connectivity index (χ2v) is 7.18. The molecule has 2 N–H and O–H groups in total. The fourth-order valence-electron chi connectivity index (χ4n) is 1.96. The Bertz CT molecular complexity index is 714. The van der Waals surface area contributed by atoms with Crippen molar-refractivity contribution in [2.24, 2.45) is 0 Å². The first-order chi connectivity index (χ1) is 9.24. The van der Waals surface area contributed by atoms with Crippen LogP contribution < -0.4 is 10.0 Å². The van der Waals surface area contributed by atoms with Crippen molar-refractivity contribution in [2.45, 2.75) is 38.3 Å². The highest BCUT2D eigenvalue weighted by Crippen LogP contribution is 2.23. The number of anilines is 1. The first-order valence-electron chi connectivity index (χ1n) is 6.49. The Morgan fingerprint density at radius 3 is 2.60 bits per heavy atom. The minimum atomic E-state index is -3.67. The van der Waals surface area contributed by atoms with E-state index in [1.807, 2.05) is 13.0 Å². The molecule has 2 aromatic rings. The van der Waals surface area contributed by atoms with Crippen LogP contribution in [0.25, 0.3) is 5.65 Å². The predicted molar refractivity (Wildman–Crippen MR) is 79.4 cm³/mol. The van der Waals surface area contributed by atoms with Crippen LogP contribution in [0.15, 0.2) is 29.4 Å². The molecule has 2 rings (SSSR count). The largest absolute Gasteiger partial charge is 0.368 e. The summed E-state index contributed by atoms with van der Waals surface area (Å²) in [5.41, 5.74) is 0.0408. The highest BCUT2D eigenvalue weighted by molar-refractivity contribution is 7.89. The van der Waals surface area contributed by atoms with Crippen LogP contribution in [0.1, 0.15) is 27.7 Å². The zero-order valence-corrected chi connectivity index (χ0v) is 13.0. The Labute approximate surface area is 119 Å². The van der Waals surface area contributed by atoms with Gasteiger partial charge in [-0.15, -0.1) is 0 Å². The number of nitrogens with one attached hydrogen (secondary N) is 2. The number of hydrogen-bond donors (Lipinski definition) is 2. The van der Waals surface area contributed by atoms with Crippen molar-refractivity contribution in [1.82, 2.24) is 14.1 Å². The summed E-state index contributed by atoms with van der Waals surface area (Å²) in [6, 6.07) is 5.38. The molecule has 0 bridgehead atoms. The van der Waals surface area contributed by atoms with Crippen molar-refractivity contribution in [3.8, 4) is 0 Å². The summed E-state index contributed by atoms with van der Waals surface area (Å²) in [7, 11) is -3.67. The van der Waals surface area contributed by atoms with Crippen LogP contribution in [0.3, 0.4) is 0 Å². The van der Waals surface area contributed by atoms with Crippen molar-refractivity contribution >= 4 is 21.5 Å². The van der Waals surface area contributed by atoms with Gasteiger partial charge in [-0.05, 0) is 39.8 Å². The van der Waals surface area contributed by atoms with Gasteiger partial charge in [0.2, 0.25) is 0 Å². The summed E-state index contributed by atoms with van der Waals surface area (Å²) < 4.78 is 29.4. The maximum Gasteiger partial charge on any atom is 0.260 e. The molecule has 2 aromatic heterocycles. The van der Waals surface area contributed by atoms with E-state index in [9.17, 15) is 8.42 Å². The van der Waals surface area contributed by atoms with Gasteiger partial charge < -0.3 is 5.32 Å². The van der Waals surface area contributed by atoms with Crippen molar-refractivity contribution in [2.75, 3.05) is 11.9 Å². The van der Waals surface area contributed by atoms with E-state index in [1.54, 1.807) is 43.5 Å². The van der Waals surface area contributed by atoms with Crippen LogP contribution in [0.4, 0.5) is 5.82 Å². The number of fused-ring (bicyclic) bond motifs is 1. The number of rotatable bonds is 4. The zero-order chi connectivity index (χ0) is 15.0. The molecule has 0 aliphatic rings. The number of imidazole rings is 1. The predicted octanol–water partition coefficient (Wildman–Crippen LogP) is 1.84. The SMILES string of the molecule is CCNc1nc2ccccn2c1S(=O)(=O)NC(C)(C)C. The summed E-state index contributed by atoms with van der Waals surface area (Å²) in [4.78, 5) is 4.33. The number of hydrogen-bond acceptors (Lipinski definition) is 4. The summed E-state index contributed by atoms with van der Waals surface area (Å²) in [5.74, 6) is 0.371. The van der Waals surface area contributed by atoms with Gasteiger partial charge in [0, 0.05) is 18.3 Å². The molecule has 0 spiro atoms. The maximum absolute atomic E-state index is 12.6. The molecule has 7 heteroatoms. The molecule has 0 aliphatic carbocycles. The molecule has 6 nitrogen and oxygen atoms in total. The summed E-state index contributed by atoms with van der Waals surface area (Å²) in [5, 5.41) is 3.15. The van der Waals surface area contributed by atoms with Gasteiger partial charge in [0.25, 0.3) is 10.0 Å². The van der Waals surface area contributed by atoms with E-state index in [2.05, 4.69) is 15.0 Å². The van der Waals surface area contributed by atoms with Crippen molar-refractivity contribution in [1.29, 1.82) is 0 Å². The Hall–Kier alpha value is -1.60. The van der Waals surface area contributed by atoms with Crippen LogP contribution in [0.2, 0.25) is 0 Å². The van der Waals surface area contributed by atoms with Crippen LogP contribution in [0, 0.1) is 0 Å². The molecule has 0 fully saturated rings. The molecule has 0 unspecified atom stereocenters. The third kappa shape index (κ3) is 2.94. The number of aromatic nitrogens is 2. The van der Waals surface area contributed by atoms with Gasteiger partial charge in [-0.2, -0.15) is 0 Å². The molecule has 2 heterocycles. The highest BCUT2D eigenvalue weighted by Gasteiger charge is 2.28. The lowest BCUT2D eigenvalue weighted by Crippen LogP contribution is -2.41. The van der Waals surface area contributed by atoms with Crippen molar-refractivity contribution < 1.29 is 8.42 Å². The van der Waals surface area contributed by atoms with E-state index in [4.69, 9.17) is 0 Å². The summed E-state index contributed by atoms with van der Waals surface area (Å²) in [6.45, 7) is 7.92. The van der Waals surface area contributed by atoms with Gasteiger partial charge >= 0.3 is 0 Å². The zero-order valence-electron chi connectivity index (χ0n) is 12.1. The normalized spacial score (nSPS) is 12.8. The third-order valence-corrected chi connectivity index (χ3v) is 4.31. The minimum Gasteiger partial charge on any atom is -0.368 e. The molecule has 0 radical (unpaired) electrons. The first-order valence-corrected chi connectivity index (χ1v) is 7.98. The second-order valence-electron chi connectivity index (χ2n) is 5.58. The lowest BCUT2D eigenvalue weighted by Gasteiger charge is -2.20. The second kappa shape index (κ2) is 5.06. The van der Waals surface area contributed by atoms with E-state index in [1.165, 1.54) is 0 Å². The van der Waals surface area contributed by atoms with Crippen molar-refractivity contribution in [3.05, 3.63) is 24.4 Å². The fraction of sp³-hybridized carbons (Fsp3) is 0.462. The molecule has 0 aliphatic heterocycles. The van der Waals surface area contributed by atoms with Gasteiger partial charge in [0.15, 0.2) is 10.8 Å². The van der Waals surface area contributed by atoms with E-state index < -0.39 is 15.6 Å². The molecule has 0 aromatic carbocycles. The first kappa shape index (κ1) is 14.8. The van der Waals surface area contributed by atoms with Gasteiger partial charge in [0.1, 0.15) is 5.65 Å². The topological polar surface area (TPSA) is 75.5 Å². The van der Waals surface area contributed by atoms with E-state index in [-0.39, 0.29) is 5.03 Å². The quantitative estimate of drug-likeness (QED) is 0.902. The van der Waals surface area contributed by atoms with E-state index in [0.29, 0.717) is 18.0 Å². The van der Waals surface area contributed by atoms with E-state index in [0.717, 1.165) is 0 Å². The third-order valence-electron chi connectivity index (χ3n) is 2.53. The number of pyridine rings is 1. The number of nitrogens with zero attached hydrogens (tertiary/aromatic N) is 2. The molecule has 0 saturated carbocycles. The average Bonchev–Trinajstić information content (AvgIpc) is 2.64. The Morgan fingerprint density at radius 2 is 2.00 bits per heavy atom. The van der Waals surface area contributed by atoms with E-state index >= 15 is 0 Å². The number of sulfonamides is 1. The van der Waals surface area contributed by atoms with Crippen LogP contribution >= 0.6 is 0 Å². The van der Waals surface area contributed by atoms with Gasteiger partial charge in [-0.3, -0.25) is 4.40 Å². The lowest BCUT2D eigenvalue weighted by molar-refractivity contribution is 0.489. The monoisotopic (exact) mass is 296 g/mol. The minimum absolute atomic E-state index is 0.143. The lowest BCUT2D eigenvalue weighted by atomic mass is 10.1. The van der Waals surface area contributed by atoms with Crippen molar-refractivity contribution in [3.63, 3.8) is 0 Å². The highest BCUT2D eigenvalue weighted by atomic mass is 32.2. The van der Waals surface area contributed by atoms with Crippen LogP contribution in [0.5, 0.6) is 0 Å². The molecule has 20 heavy (non-hydrogen) atoms. The Balaban J connectivity index is 2.65. The summed E-state index contributed by atoms with van der Waals surface area (Å²) >= 11 is 0. The van der Waals surface area contributed by atoms with Crippen LogP contribution in [-0.2, 0) is 10.0 Å². The standard InChI is InChI=1S/C13H20N4O2S/c1-5-14-11-12(20(18,19)16-13(2,3)4)17-9-7-6-8-10(17)15-11/h6-9,14,16H,5H2,1-4H3. The molecular weight excluding hydrogens is 276 g/mol.